The molecule has 0 amide bonds. The highest BCUT2D eigenvalue weighted by Crippen LogP contribution is 1.97. The maximum Gasteiger partial charge on any atom is 0.0192 e. The molecule has 0 aliphatic heterocycles. The van der Waals surface area contributed by atoms with E-state index >= 15 is 0 Å². The van der Waals surface area contributed by atoms with Crippen molar-refractivity contribution in [3.63, 3.8) is 0 Å². The number of nitrogens with zero attached hydrogens (tertiary/aromatic N) is 1. The zero-order chi connectivity index (χ0) is 10.3. The molecular formula is C11H26N2. The monoisotopic (exact) mass is 186 g/mol. The van der Waals surface area contributed by atoms with Gasteiger partial charge in [0.25, 0.3) is 0 Å². The molecule has 0 aromatic carbocycles. The smallest absolute Gasteiger partial charge is 0.0192 e. The Hall–Kier alpha value is -0.0800. The fourth-order valence-electron chi connectivity index (χ4n) is 1.49. The second-order valence-electron chi connectivity index (χ2n) is 3.79. The van der Waals surface area contributed by atoms with E-state index in [1.807, 2.05) is 0 Å². The van der Waals surface area contributed by atoms with Gasteiger partial charge in [-0.15, -0.1) is 0 Å². The van der Waals surface area contributed by atoms with Gasteiger partial charge in [0.1, 0.15) is 0 Å². The summed E-state index contributed by atoms with van der Waals surface area (Å²) >= 11 is 0. The third kappa shape index (κ3) is 5.27. The molecule has 2 unspecified atom stereocenters. The van der Waals surface area contributed by atoms with Crippen LogP contribution in [0.25, 0.3) is 0 Å². The van der Waals surface area contributed by atoms with E-state index in [1.165, 1.54) is 6.42 Å². The number of likely N-dealkylation sites (N-methyl/N-ethyl adjacent to an activating group) is 1. The van der Waals surface area contributed by atoms with Gasteiger partial charge < -0.3 is 5.32 Å². The molecule has 2 heteroatoms. The van der Waals surface area contributed by atoms with E-state index < -0.39 is 0 Å². The molecule has 0 heterocycles. The molecule has 1 N–H and O–H groups in total. The summed E-state index contributed by atoms with van der Waals surface area (Å²) in [6, 6.07) is 1.31. The molecule has 0 saturated carbocycles. The van der Waals surface area contributed by atoms with Crippen LogP contribution in [0.1, 0.15) is 41.0 Å². The van der Waals surface area contributed by atoms with Crippen LogP contribution in [0.3, 0.4) is 0 Å². The highest BCUT2D eigenvalue weighted by molar-refractivity contribution is 4.69. The summed E-state index contributed by atoms with van der Waals surface area (Å²) in [5, 5.41) is 3.54. The molecule has 13 heavy (non-hydrogen) atoms. The van der Waals surface area contributed by atoms with Crippen LogP contribution in [0.2, 0.25) is 0 Å². The SMILES string of the molecule is CCC(C)NCC(C)N(CC)CC. The van der Waals surface area contributed by atoms with E-state index in [1.54, 1.807) is 0 Å². The zero-order valence-corrected chi connectivity index (χ0v) is 9.93. The van der Waals surface area contributed by atoms with Crippen LogP contribution in [-0.4, -0.2) is 36.6 Å². The number of rotatable bonds is 7. The number of hydrogen-bond acceptors (Lipinski definition) is 2. The van der Waals surface area contributed by atoms with Crippen molar-refractivity contribution in [1.82, 2.24) is 10.2 Å². The first kappa shape index (κ1) is 12.9. The molecule has 0 rings (SSSR count). The summed E-state index contributed by atoms with van der Waals surface area (Å²) in [5.74, 6) is 0. The number of nitrogens with one attached hydrogen (secondary N) is 1. The van der Waals surface area contributed by atoms with E-state index in [-0.39, 0.29) is 0 Å². The summed E-state index contributed by atoms with van der Waals surface area (Å²) in [4.78, 5) is 2.48. The first-order valence-corrected chi connectivity index (χ1v) is 5.63. The average molecular weight is 186 g/mol. The van der Waals surface area contributed by atoms with E-state index in [0.29, 0.717) is 12.1 Å². The molecule has 0 aliphatic carbocycles. The van der Waals surface area contributed by atoms with Crippen molar-refractivity contribution in [1.29, 1.82) is 0 Å². The normalized spacial score (nSPS) is 16.2. The van der Waals surface area contributed by atoms with Crippen LogP contribution in [0.15, 0.2) is 0 Å². The summed E-state index contributed by atoms with van der Waals surface area (Å²) in [6.07, 6.45) is 1.21. The Morgan fingerprint density at radius 3 is 2.00 bits per heavy atom. The first-order valence-electron chi connectivity index (χ1n) is 5.63. The summed E-state index contributed by atoms with van der Waals surface area (Å²) < 4.78 is 0. The lowest BCUT2D eigenvalue weighted by Gasteiger charge is -2.27. The predicted octanol–water partition coefficient (Wildman–Crippen LogP) is 2.10. The minimum atomic E-state index is 0.651. The molecule has 0 spiro atoms. The highest BCUT2D eigenvalue weighted by atomic mass is 15.2. The maximum absolute atomic E-state index is 3.54. The molecule has 2 atom stereocenters. The maximum atomic E-state index is 3.54. The van der Waals surface area contributed by atoms with Crippen LogP contribution in [0.5, 0.6) is 0 Å². The van der Waals surface area contributed by atoms with Crippen LogP contribution in [0.4, 0.5) is 0 Å². The van der Waals surface area contributed by atoms with Crippen molar-refractivity contribution < 1.29 is 0 Å². The Labute approximate surface area is 83.7 Å². The van der Waals surface area contributed by atoms with Gasteiger partial charge in [0.2, 0.25) is 0 Å². The van der Waals surface area contributed by atoms with Crippen molar-refractivity contribution in [3.8, 4) is 0 Å². The summed E-state index contributed by atoms with van der Waals surface area (Å²) in [5.41, 5.74) is 0. The van der Waals surface area contributed by atoms with Crippen molar-refractivity contribution in [3.05, 3.63) is 0 Å². The Balaban J connectivity index is 3.65. The molecule has 0 aromatic heterocycles. The second-order valence-corrected chi connectivity index (χ2v) is 3.79. The van der Waals surface area contributed by atoms with Gasteiger partial charge in [-0.25, -0.2) is 0 Å². The Morgan fingerprint density at radius 1 is 1.08 bits per heavy atom. The fraction of sp³-hybridized carbons (Fsp3) is 1.00. The van der Waals surface area contributed by atoms with E-state index in [2.05, 4.69) is 44.8 Å². The van der Waals surface area contributed by atoms with Gasteiger partial charge in [0.15, 0.2) is 0 Å². The van der Waals surface area contributed by atoms with Crippen molar-refractivity contribution in [2.45, 2.75) is 53.1 Å². The molecule has 0 aromatic rings. The summed E-state index contributed by atoms with van der Waals surface area (Å²) in [6.45, 7) is 14.6. The molecule has 0 aliphatic rings. The molecular weight excluding hydrogens is 160 g/mol. The van der Waals surface area contributed by atoms with Gasteiger partial charge in [-0.05, 0) is 33.4 Å². The lowest BCUT2D eigenvalue weighted by molar-refractivity contribution is 0.221. The van der Waals surface area contributed by atoms with Crippen LogP contribution in [0, 0.1) is 0 Å². The quantitative estimate of drug-likeness (QED) is 0.655. The lowest BCUT2D eigenvalue weighted by atomic mass is 10.2. The topological polar surface area (TPSA) is 15.3 Å². The molecule has 0 saturated heterocycles. The van der Waals surface area contributed by atoms with E-state index in [4.69, 9.17) is 0 Å². The molecule has 0 radical (unpaired) electrons. The van der Waals surface area contributed by atoms with Gasteiger partial charge in [0.05, 0.1) is 0 Å². The first-order chi connectivity index (χ1) is 6.15. The average Bonchev–Trinajstić information content (AvgIpc) is 2.16. The van der Waals surface area contributed by atoms with Gasteiger partial charge in [0, 0.05) is 18.6 Å². The highest BCUT2D eigenvalue weighted by Gasteiger charge is 2.09. The molecule has 80 valence electrons. The van der Waals surface area contributed by atoms with Crippen LogP contribution in [-0.2, 0) is 0 Å². The van der Waals surface area contributed by atoms with Crippen LogP contribution >= 0.6 is 0 Å². The number of hydrogen-bond donors (Lipinski definition) is 1. The van der Waals surface area contributed by atoms with Crippen molar-refractivity contribution >= 4 is 0 Å². The van der Waals surface area contributed by atoms with Gasteiger partial charge in [-0.2, -0.15) is 0 Å². The fourth-order valence-corrected chi connectivity index (χ4v) is 1.49. The summed E-state index contributed by atoms with van der Waals surface area (Å²) in [7, 11) is 0. The van der Waals surface area contributed by atoms with Crippen LogP contribution < -0.4 is 5.32 Å². The van der Waals surface area contributed by atoms with Gasteiger partial charge >= 0.3 is 0 Å². The molecule has 0 fully saturated rings. The Bertz CT molecular complexity index is 111. The van der Waals surface area contributed by atoms with Gasteiger partial charge in [-0.3, -0.25) is 4.90 Å². The largest absolute Gasteiger partial charge is 0.313 e. The predicted molar refractivity (Wildman–Crippen MR) is 60.1 cm³/mol. The standard InChI is InChI=1S/C11H26N2/c1-6-10(4)12-9-11(5)13(7-2)8-3/h10-12H,6-9H2,1-5H3. The minimum absolute atomic E-state index is 0.651. The Morgan fingerprint density at radius 2 is 1.62 bits per heavy atom. The lowest BCUT2D eigenvalue weighted by Crippen LogP contribution is -2.42. The third-order valence-electron chi connectivity index (χ3n) is 2.81. The van der Waals surface area contributed by atoms with Gasteiger partial charge in [-0.1, -0.05) is 20.8 Å². The zero-order valence-electron chi connectivity index (χ0n) is 9.93. The minimum Gasteiger partial charge on any atom is -0.313 e. The second kappa shape index (κ2) is 7.34. The van der Waals surface area contributed by atoms with Crippen molar-refractivity contribution in [2.24, 2.45) is 0 Å². The Kier molecular flexibility index (Phi) is 7.29. The van der Waals surface area contributed by atoms with E-state index in [9.17, 15) is 0 Å². The van der Waals surface area contributed by atoms with Crippen molar-refractivity contribution in [2.75, 3.05) is 19.6 Å². The molecule has 2 nitrogen and oxygen atoms in total. The van der Waals surface area contributed by atoms with E-state index in [0.717, 1.165) is 19.6 Å². The molecule has 0 bridgehead atoms. The third-order valence-corrected chi connectivity index (χ3v) is 2.81.